The third-order valence-corrected chi connectivity index (χ3v) is 7.42. The number of hydrazine groups is 1. The highest BCUT2D eigenvalue weighted by Crippen LogP contribution is 2.30. The van der Waals surface area contributed by atoms with Crippen LogP contribution in [0.4, 0.5) is 5.82 Å². The summed E-state index contributed by atoms with van der Waals surface area (Å²) in [5.41, 5.74) is 3.64. The maximum atomic E-state index is 12.2. The fourth-order valence-corrected chi connectivity index (χ4v) is 5.45. The van der Waals surface area contributed by atoms with Crippen LogP contribution in [0.1, 0.15) is 29.8 Å². The molecule has 0 saturated carbocycles. The molecular formula is C23H30N6OS. The molecule has 5 rings (SSSR count). The number of hydrogen-bond acceptors (Lipinski definition) is 6. The van der Waals surface area contributed by atoms with Crippen molar-refractivity contribution in [2.45, 2.75) is 19.3 Å². The number of piperidine rings is 1. The van der Waals surface area contributed by atoms with Gasteiger partial charge in [-0.2, -0.15) is 4.37 Å². The summed E-state index contributed by atoms with van der Waals surface area (Å²) in [5.74, 6) is 1.86. The van der Waals surface area contributed by atoms with Gasteiger partial charge in [-0.3, -0.25) is 15.1 Å². The van der Waals surface area contributed by atoms with E-state index < -0.39 is 0 Å². The van der Waals surface area contributed by atoms with Crippen molar-refractivity contribution < 1.29 is 4.79 Å². The number of carbonyl (C=O) groups is 1. The average Bonchev–Trinajstić information content (AvgIpc) is 3.49. The maximum absolute atomic E-state index is 12.2. The van der Waals surface area contributed by atoms with E-state index in [0.29, 0.717) is 5.69 Å². The average molecular weight is 439 g/mol. The number of carbonyl (C=O) groups excluding carboxylic acids is 1. The number of nitrogens with one attached hydrogen (secondary N) is 2. The second kappa shape index (κ2) is 9.38. The zero-order chi connectivity index (χ0) is 21.0. The highest BCUT2D eigenvalue weighted by molar-refractivity contribution is 7.13. The molecule has 4 heterocycles. The summed E-state index contributed by atoms with van der Waals surface area (Å²) in [6.07, 6.45) is 5.32. The summed E-state index contributed by atoms with van der Waals surface area (Å²) >= 11 is 1.60. The maximum Gasteiger partial charge on any atom is 0.281 e. The zero-order valence-corrected chi connectivity index (χ0v) is 18.6. The predicted molar refractivity (Wildman–Crippen MR) is 125 cm³/mol. The molecule has 0 spiro atoms. The topological polar surface area (TPSA) is 67.5 Å². The molecule has 1 aromatic carbocycles. The van der Waals surface area contributed by atoms with E-state index in [9.17, 15) is 4.79 Å². The molecule has 7 nitrogen and oxygen atoms in total. The smallest absolute Gasteiger partial charge is 0.281 e. The minimum atomic E-state index is -0.0470. The van der Waals surface area contributed by atoms with Crippen LogP contribution in [-0.4, -0.2) is 71.0 Å². The van der Waals surface area contributed by atoms with Crippen LogP contribution in [0, 0.1) is 5.92 Å². The third-order valence-electron chi connectivity index (χ3n) is 6.60. The van der Waals surface area contributed by atoms with Crippen LogP contribution in [0.5, 0.6) is 0 Å². The number of fused-ring (bicyclic) bond motifs is 1. The molecular weight excluding hydrogens is 408 g/mol. The second-order valence-electron chi connectivity index (χ2n) is 8.57. The summed E-state index contributed by atoms with van der Waals surface area (Å²) in [4.78, 5) is 20.2. The van der Waals surface area contributed by atoms with Crippen LogP contribution in [0.25, 0.3) is 10.1 Å². The van der Waals surface area contributed by atoms with Gasteiger partial charge < -0.3 is 9.88 Å². The molecule has 1 amide bonds. The van der Waals surface area contributed by atoms with Gasteiger partial charge >= 0.3 is 0 Å². The molecule has 3 aromatic rings. The molecule has 2 fully saturated rings. The normalized spacial score (nSPS) is 19.2. The molecule has 0 bridgehead atoms. The minimum Gasteiger partial charge on any atom is -0.357 e. The van der Waals surface area contributed by atoms with Gasteiger partial charge in [0, 0.05) is 50.9 Å². The van der Waals surface area contributed by atoms with Gasteiger partial charge in [0.2, 0.25) is 0 Å². The van der Waals surface area contributed by atoms with Crippen LogP contribution in [0.3, 0.4) is 0 Å². The number of rotatable bonds is 6. The predicted octanol–water partition coefficient (Wildman–Crippen LogP) is 3.19. The van der Waals surface area contributed by atoms with E-state index in [2.05, 4.69) is 49.5 Å². The van der Waals surface area contributed by atoms with Crippen LogP contribution in [-0.2, 0) is 0 Å². The van der Waals surface area contributed by atoms with E-state index >= 15 is 0 Å². The van der Waals surface area contributed by atoms with Gasteiger partial charge in [-0.05, 0) is 67.5 Å². The van der Waals surface area contributed by atoms with Gasteiger partial charge in [0.1, 0.15) is 11.5 Å². The number of nitrogens with zero attached hydrogens (tertiary/aromatic N) is 4. The zero-order valence-electron chi connectivity index (χ0n) is 17.8. The van der Waals surface area contributed by atoms with E-state index in [1.165, 1.54) is 23.1 Å². The van der Waals surface area contributed by atoms with E-state index in [1.54, 1.807) is 23.8 Å². The molecule has 8 heteroatoms. The Labute approximate surface area is 187 Å². The van der Waals surface area contributed by atoms with Crippen molar-refractivity contribution in [2.24, 2.45) is 5.92 Å². The van der Waals surface area contributed by atoms with Crippen molar-refractivity contribution in [3.8, 4) is 0 Å². The first kappa shape index (κ1) is 20.5. The van der Waals surface area contributed by atoms with Crippen molar-refractivity contribution >= 4 is 33.3 Å². The number of hydrogen-bond donors (Lipinski definition) is 2. The molecule has 164 valence electrons. The Hall–Kier alpha value is -2.42. The Kier molecular flexibility index (Phi) is 6.20. The van der Waals surface area contributed by atoms with E-state index in [1.807, 2.05) is 6.07 Å². The molecule has 2 aliphatic rings. The third kappa shape index (κ3) is 4.76. The monoisotopic (exact) mass is 438 g/mol. The summed E-state index contributed by atoms with van der Waals surface area (Å²) in [6, 6.07) is 12.2. The fourth-order valence-electron chi connectivity index (χ4n) is 4.66. The molecule has 2 aliphatic heterocycles. The molecule has 0 radical (unpaired) electrons. The lowest BCUT2D eigenvalue weighted by atomic mass is 9.94. The van der Waals surface area contributed by atoms with Gasteiger partial charge in [0.25, 0.3) is 5.91 Å². The van der Waals surface area contributed by atoms with Gasteiger partial charge in [0.15, 0.2) is 0 Å². The largest absolute Gasteiger partial charge is 0.357 e. The van der Waals surface area contributed by atoms with Crippen molar-refractivity contribution in [1.82, 2.24) is 24.7 Å². The lowest BCUT2D eigenvalue weighted by Crippen LogP contribution is -2.48. The first-order valence-corrected chi connectivity index (χ1v) is 12.0. The van der Waals surface area contributed by atoms with Crippen LogP contribution in [0.2, 0.25) is 0 Å². The number of amides is 1. The molecule has 2 aromatic heterocycles. The van der Waals surface area contributed by atoms with Gasteiger partial charge in [-0.25, -0.2) is 5.01 Å². The number of H-pyrrole nitrogens is 1. The van der Waals surface area contributed by atoms with Gasteiger partial charge in [-0.1, -0.05) is 12.1 Å². The van der Waals surface area contributed by atoms with Gasteiger partial charge in [0.05, 0.1) is 4.70 Å². The molecule has 2 saturated heterocycles. The van der Waals surface area contributed by atoms with E-state index in [-0.39, 0.29) is 5.91 Å². The standard InChI is InChI=1S/C23H30N6OS/c30-23(20-5-3-10-24-20)25-29-12-8-18(9-13-29)7-11-27-14-16-28(17-15-27)22-19-4-1-2-6-21(19)31-26-22/h1-6,10,18,24H,7-9,11-17H2,(H,25,30). The lowest BCUT2D eigenvalue weighted by Gasteiger charge is -2.37. The Bertz CT molecular complexity index is 987. The summed E-state index contributed by atoms with van der Waals surface area (Å²) < 4.78 is 5.99. The van der Waals surface area contributed by atoms with E-state index in [0.717, 1.165) is 63.8 Å². The second-order valence-corrected chi connectivity index (χ2v) is 9.38. The first-order valence-electron chi connectivity index (χ1n) is 11.3. The summed E-state index contributed by atoms with van der Waals surface area (Å²) in [5, 5.41) is 3.35. The first-order chi connectivity index (χ1) is 15.3. The highest BCUT2D eigenvalue weighted by Gasteiger charge is 2.24. The fraction of sp³-hybridized carbons (Fsp3) is 0.478. The number of aromatic amines is 1. The minimum absolute atomic E-state index is 0.0470. The molecule has 0 aliphatic carbocycles. The SMILES string of the molecule is O=C(NN1CCC(CCN2CCN(c3nsc4ccccc34)CC2)CC1)c1ccc[nH]1. The number of benzene rings is 1. The Morgan fingerprint density at radius 1 is 1.06 bits per heavy atom. The van der Waals surface area contributed by atoms with Crippen LogP contribution < -0.4 is 10.3 Å². The lowest BCUT2D eigenvalue weighted by molar-refractivity contribution is 0.0682. The summed E-state index contributed by atoms with van der Waals surface area (Å²) in [7, 11) is 0. The number of piperazine rings is 1. The quantitative estimate of drug-likeness (QED) is 0.619. The molecule has 0 atom stereocenters. The molecule has 2 N–H and O–H groups in total. The Morgan fingerprint density at radius 2 is 1.87 bits per heavy atom. The van der Waals surface area contributed by atoms with Gasteiger partial charge in [-0.15, -0.1) is 0 Å². The summed E-state index contributed by atoms with van der Waals surface area (Å²) in [6.45, 7) is 7.36. The molecule has 31 heavy (non-hydrogen) atoms. The van der Waals surface area contributed by atoms with Crippen molar-refractivity contribution in [3.63, 3.8) is 0 Å². The number of anilines is 1. The van der Waals surface area contributed by atoms with Crippen molar-refractivity contribution in [3.05, 3.63) is 48.3 Å². The molecule has 0 unspecified atom stereocenters. The van der Waals surface area contributed by atoms with E-state index in [4.69, 9.17) is 4.37 Å². The van der Waals surface area contributed by atoms with Crippen molar-refractivity contribution in [2.75, 3.05) is 50.7 Å². The van der Waals surface area contributed by atoms with Crippen molar-refractivity contribution in [1.29, 1.82) is 0 Å². The number of aromatic nitrogens is 2. The Balaban J connectivity index is 1.03. The van der Waals surface area contributed by atoms with Crippen LogP contribution in [0.15, 0.2) is 42.6 Å². The highest BCUT2D eigenvalue weighted by atomic mass is 32.1. The Morgan fingerprint density at radius 3 is 2.65 bits per heavy atom. The van der Waals surface area contributed by atoms with Crippen LogP contribution >= 0.6 is 11.5 Å².